The molecule has 2 heterocycles. The fourth-order valence-corrected chi connectivity index (χ4v) is 4.83. The van der Waals surface area contributed by atoms with Crippen molar-refractivity contribution < 1.29 is 14.3 Å². The van der Waals surface area contributed by atoms with Gasteiger partial charge in [-0.2, -0.15) is 0 Å². The number of carbonyl (C=O) groups excluding carboxylic acids is 1. The second-order valence-electron chi connectivity index (χ2n) is 8.35. The molecule has 1 saturated heterocycles. The number of benzene rings is 1. The molecule has 1 aromatic rings. The lowest BCUT2D eigenvalue weighted by Gasteiger charge is -2.27. The van der Waals surface area contributed by atoms with Crippen LogP contribution in [0.25, 0.3) is 0 Å². The van der Waals surface area contributed by atoms with Crippen molar-refractivity contribution in [2.45, 2.75) is 82.8 Å². The topological polar surface area (TPSA) is 50.8 Å². The summed E-state index contributed by atoms with van der Waals surface area (Å²) in [5, 5.41) is 4.50. The van der Waals surface area contributed by atoms with Gasteiger partial charge in [0.15, 0.2) is 11.5 Å². The minimum Gasteiger partial charge on any atom is -0.454 e. The minimum absolute atomic E-state index is 0.218. The monoisotopic (exact) mass is 406 g/mol. The highest BCUT2D eigenvalue weighted by Crippen LogP contribution is 2.37. The summed E-state index contributed by atoms with van der Waals surface area (Å²) in [7, 11) is 0. The van der Waals surface area contributed by atoms with Gasteiger partial charge in [0.05, 0.1) is 0 Å². The average molecular weight is 407 g/mol. The number of hydrogen-bond donors (Lipinski definition) is 1. The van der Waals surface area contributed by atoms with Crippen molar-refractivity contribution in [1.29, 1.82) is 0 Å². The second-order valence-corrected chi connectivity index (χ2v) is 8.75. The summed E-state index contributed by atoms with van der Waals surface area (Å²) in [4.78, 5) is 14.6. The van der Waals surface area contributed by atoms with Crippen molar-refractivity contribution in [1.82, 2.24) is 10.2 Å². The first kappa shape index (κ1) is 19.8. The molecule has 2 aliphatic heterocycles. The molecule has 5 nitrogen and oxygen atoms in total. The minimum atomic E-state index is 0.218. The van der Waals surface area contributed by atoms with E-state index < -0.39 is 0 Å². The molecule has 0 aromatic heterocycles. The van der Waals surface area contributed by atoms with Crippen LogP contribution >= 0.6 is 11.6 Å². The zero-order chi connectivity index (χ0) is 19.3. The van der Waals surface area contributed by atoms with E-state index >= 15 is 0 Å². The first-order chi connectivity index (χ1) is 13.7. The van der Waals surface area contributed by atoms with E-state index in [1.54, 1.807) is 6.07 Å². The van der Waals surface area contributed by atoms with E-state index in [1.165, 1.54) is 44.9 Å². The Morgan fingerprint density at radius 3 is 2.43 bits per heavy atom. The van der Waals surface area contributed by atoms with Gasteiger partial charge in [0.2, 0.25) is 12.7 Å². The number of fused-ring (bicyclic) bond motifs is 1. The molecule has 6 heteroatoms. The Hall–Kier alpha value is -1.46. The summed E-state index contributed by atoms with van der Waals surface area (Å²) in [6.07, 6.45) is 11.9. The second kappa shape index (κ2) is 9.36. The number of likely N-dealkylation sites (tertiary alicyclic amines) is 1. The molecular weight excluding hydrogens is 376 g/mol. The van der Waals surface area contributed by atoms with Crippen molar-refractivity contribution in [3.05, 3.63) is 22.7 Å². The third-order valence-corrected chi connectivity index (χ3v) is 6.64. The fraction of sp³-hybridized carbons (Fsp3) is 0.682. The Balaban J connectivity index is 1.35. The normalized spacial score (nSPS) is 24.0. The van der Waals surface area contributed by atoms with E-state index in [2.05, 4.69) is 5.32 Å². The standard InChI is InChI=1S/C22H31ClN2O3/c23-19-13-21-20(27-15-28-21)12-16(19)14-25-11-10-18(8-9-22(25)26)24-17-6-4-2-1-3-5-7-17/h12-13,17-18,24H,1-11,14-15H2. The quantitative estimate of drug-likeness (QED) is 0.790. The molecule has 1 saturated carbocycles. The summed E-state index contributed by atoms with van der Waals surface area (Å²) >= 11 is 6.42. The molecule has 0 spiro atoms. The van der Waals surface area contributed by atoms with Gasteiger partial charge in [-0.15, -0.1) is 0 Å². The third kappa shape index (κ3) is 4.93. The number of amides is 1. The number of nitrogens with zero attached hydrogens (tertiary/aromatic N) is 1. The molecule has 2 fully saturated rings. The molecule has 0 bridgehead atoms. The predicted octanol–water partition coefficient (Wildman–Crippen LogP) is 4.65. The van der Waals surface area contributed by atoms with Crippen LogP contribution in [0.1, 0.15) is 69.8 Å². The first-order valence-corrected chi connectivity index (χ1v) is 11.2. The molecule has 28 heavy (non-hydrogen) atoms. The van der Waals surface area contributed by atoms with Crippen LogP contribution in [0.3, 0.4) is 0 Å². The van der Waals surface area contributed by atoms with Crippen molar-refractivity contribution >= 4 is 17.5 Å². The van der Waals surface area contributed by atoms with E-state index in [1.807, 2.05) is 11.0 Å². The van der Waals surface area contributed by atoms with E-state index in [-0.39, 0.29) is 12.7 Å². The number of ether oxygens (including phenoxy) is 2. The van der Waals surface area contributed by atoms with Gasteiger partial charge in [0.1, 0.15) is 0 Å². The molecule has 1 unspecified atom stereocenters. The third-order valence-electron chi connectivity index (χ3n) is 6.29. The Morgan fingerprint density at radius 1 is 0.964 bits per heavy atom. The van der Waals surface area contributed by atoms with E-state index in [0.717, 1.165) is 24.9 Å². The van der Waals surface area contributed by atoms with Crippen molar-refractivity contribution in [3.63, 3.8) is 0 Å². The smallest absolute Gasteiger partial charge is 0.231 e. The highest BCUT2D eigenvalue weighted by Gasteiger charge is 2.26. The lowest BCUT2D eigenvalue weighted by molar-refractivity contribution is -0.131. The summed E-state index contributed by atoms with van der Waals surface area (Å²) < 4.78 is 10.8. The molecular formula is C22H31ClN2O3. The molecule has 3 aliphatic rings. The molecule has 1 atom stereocenters. The van der Waals surface area contributed by atoms with Crippen LogP contribution in [0.4, 0.5) is 0 Å². The van der Waals surface area contributed by atoms with Crippen LogP contribution < -0.4 is 14.8 Å². The molecule has 1 aromatic carbocycles. The largest absolute Gasteiger partial charge is 0.454 e. The predicted molar refractivity (Wildman–Crippen MR) is 110 cm³/mol. The lowest BCUT2D eigenvalue weighted by Crippen LogP contribution is -2.39. The molecule has 0 radical (unpaired) electrons. The SMILES string of the molecule is O=C1CCC(NC2CCCCCCC2)CCN1Cc1cc2c(cc1Cl)OCO2. The fourth-order valence-electron chi connectivity index (χ4n) is 4.61. The summed E-state index contributed by atoms with van der Waals surface area (Å²) in [5.74, 6) is 1.61. The maximum Gasteiger partial charge on any atom is 0.231 e. The maximum absolute atomic E-state index is 12.7. The maximum atomic E-state index is 12.7. The highest BCUT2D eigenvalue weighted by atomic mass is 35.5. The number of halogens is 1. The summed E-state index contributed by atoms with van der Waals surface area (Å²) in [6.45, 7) is 1.53. The zero-order valence-corrected chi connectivity index (χ0v) is 17.3. The molecule has 1 amide bonds. The number of carbonyl (C=O) groups is 1. The molecule has 154 valence electrons. The van der Waals surface area contributed by atoms with Crippen LogP contribution in [-0.4, -0.2) is 36.2 Å². The molecule has 4 rings (SSSR count). The summed E-state index contributed by atoms with van der Waals surface area (Å²) in [6, 6.07) is 4.76. The van der Waals surface area contributed by atoms with Gasteiger partial charge in [-0.3, -0.25) is 4.79 Å². The van der Waals surface area contributed by atoms with Gasteiger partial charge in [-0.1, -0.05) is 43.7 Å². The van der Waals surface area contributed by atoms with Gasteiger partial charge in [0, 0.05) is 42.7 Å². The van der Waals surface area contributed by atoms with Crippen LogP contribution in [0.5, 0.6) is 11.5 Å². The van der Waals surface area contributed by atoms with Crippen LogP contribution in [0, 0.1) is 0 Å². The van der Waals surface area contributed by atoms with Gasteiger partial charge >= 0.3 is 0 Å². The number of nitrogens with one attached hydrogen (secondary N) is 1. The van der Waals surface area contributed by atoms with Crippen molar-refractivity contribution in [2.75, 3.05) is 13.3 Å². The zero-order valence-electron chi connectivity index (χ0n) is 16.6. The van der Waals surface area contributed by atoms with Crippen LogP contribution in [-0.2, 0) is 11.3 Å². The number of hydrogen-bond acceptors (Lipinski definition) is 4. The lowest BCUT2D eigenvalue weighted by atomic mass is 9.95. The van der Waals surface area contributed by atoms with Gasteiger partial charge in [-0.05, 0) is 37.3 Å². The number of rotatable bonds is 4. The Morgan fingerprint density at radius 2 is 1.64 bits per heavy atom. The Labute approximate surface area is 172 Å². The van der Waals surface area contributed by atoms with E-state index in [0.29, 0.717) is 41.6 Å². The highest BCUT2D eigenvalue weighted by molar-refractivity contribution is 6.31. The van der Waals surface area contributed by atoms with Crippen molar-refractivity contribution in [2.24, 2.45) is 0 Å². The molecule has 1 N–H and O–H groups in total. The Kier molecular flexibility index (Phi) is 6.63. The van der Waals surface area contributed by atoms with Crippen molar-refractivity contribution in [3.8, 4) is 11.5 Å². The first-order valence-electron chi connectivity index (χ1n) is 10.8. The van der Waals surface area contributed by atoms with E-state index in [9.17, 15) is 4.79 Å². The average Bonchev–Trinajstić information content (AvgIpc) is 3.03. The Bertz CT molecular complexity index is 689. The van der Waals surface area contributed by atoms with E-state index in [4.69, 9.17) is 21.1 Å². The van der Waals surface area contributed by atoms with Crippen LogP contribution in [0.2, 0.25) is 5.02 Å². The summed E-state index contributed by atoms with van der Waals surface area (Å²) in [5.41, 5.74) is 0.922. The van der Waals surface area contributed by atoms with Crippen LogP contribution in [0.15, 0.2) is 12.1 Å². The molecule has 1 aliphatic carbocycles. The van der Waals surface area contributed by atoms with Gasteiger partial charge < -0.3 is 19.7 Å². The van der Waals surface area contributed by atoms with Gasteiger partial charge in [0.25, 0.3) is 0 Å². The van der Waals surface area contributed by atoms with Gasteiger partial charge in [-0.25, -0.2) is 0 Å².